The number of nitrogens with one attached hydrogen (secondary N) is 1. The van der Waals surface area contributed by atoms with Crippen LogP contribution in [0.1, 0.15) is 76.5 Å². The summed E-state index contributed by atoms with van der Waals surface area (Å²) in [5, 5.41) is 3.86. The van der Waals surface area contributed by atoms with E-state index >= 15 is 0 Å². The van der Waals surface area contributed by atoms with E-state index in [4.69, 9.17) is 0 Å². The van der Waals surface area contributed by atoms with E-state index in [0.717, 1.165) is 24.8 Å². The largest absolute Gasteiger partial charge is 0.310 e. The average molecular weight is 287 g/mol. The van der Waals surface area contributed by atoms with Crippen molar-refractivity contribution in [3.05, 3.63) is 35.4 Å². The van der Waals surface area contributed by atoms with E-state index in [0.29, 0.717) is 6.04 Å². The Bertz CT molecular complexity index is 395. The van der Waals surface area contributed by atoms with E-state index in [9.17, 15) is 0 Å². The molecule has 0 spiro atoms. The first-order chi connectivity index (χ1) is 10.3. The van der Waals surface area contributed by atoms with Crippen molar-refractivity contribution in [3.63, 3.8) is 0 Å². The predicted octanol–water partition coefficient (Wildman–Crippen LogP) is 5.51. The van der Waals surface area contributed by atoms with Crippen LogP contribution in [0.5, 0.6) is 0 Å². The molecule has 0 radical (unpaired) electrons. The monoisotopic (exact) mass is 287 g/mol. The van der Waals surface area contributed by atoms with Crippen LogP contribution in [-0.4, -0.2) is 6.54 Å². The van der Waals surface area contributed by atoms with Gasteiger partial charge in [-0.15, -0.1) is 0 Å². The van der Waals surface area contributed by atoms with Crippen LogP contribution in [0.25, 0.3) is 0 Å². The number of hydrogen-bond acceptors (Lipinski definition) is 1. The van der Waals surface area contributed by atoms with E-state index in [1.807, 2.05) is 0 Å². The summed E-state index contributed by atoms with van der Waals surface area (Å²) >= 11 is 0. The highest BCUT2D eigenvalue weighted by molar-refractivity contribution is 5.26. The molecule has 0 amide bonds. The maximum atomic E-state index is 3.86. The second-order valence-electron chi connectivity index (χ2n) is 6.64. The summed E-state index contributed by atoms with van der Waals surface area (Å²) in [5.41, 5.74) is 2.95. The Kier molecular flexibility index (Phi) is 6.76. The van der Waals surface area contributed by atoms with Crippen LogP contribution >= 0.6 is 0 Å². The zero-order chi connectivity index (χ0) is 15.1. The van der Waals surface area contributed by atoms with Crippen LogP contribution in [0.4, 0.5) is 0 Å². The summed E-state index contributed by atoms with van der Waals surface area (Å²) in [7, 11) is 0. The SMILES string of the molecule is CCCNC(c1ccc(CC)cc1)C1CCCCC1CC. The molecule has 1 nitrogen and oxygen atoms in total. The summed E-state index contributed by atoms with van der Waals surface area (Å²) in [5.74, 6) is 1.72. The second-order valence-corrected chi connectivity index (χ2v) is 6.64. The molecule has 21 heavy (non-hydrogen) atoms. The highest BCUT2D eigenvalue weighted by Gasteiger charge is 2.31. The van der Waals surface area contributed by atoms with Gasteiger partial charge in [-0.25, -0.2) is 0 Å². The minimum Gasteiger partial charge on any atom is -0.310 e. The van der Waals surface area contributed by atoms with Crippen LogP contribution in [0, 0.1) is 11.8 Å². The molecule has 0 aliphatic heterocycles. The number of benzene rings is 1. The molecule has 2 rings (SSSR count). The van der Waals surface area contributed by atoms with E-state index in [2.05, 4.69) is 50.4 Å². The fourth-order valence-electron chi connectivity index (χ4n) is 3.96. The molecule has 1 N–H and O–H groups in total. The Hall–Kier alpha value is -0.820. The van der Waals surface area contributed by atoms with Gasteiger partial charge in [0.25, 0.3) is 0 Å². The Morgan fingerprint density at radius 3 is 2.38 bits per heavy atom. The van der Waals surface area contributed by atoms with Gasteiger partial charge in [0.15, 0.2) is 0 Å². The van der Waals surface area contributed by atoms with Gasteiger partial charge in [0.05, 0.1) is 0 Å². The van der Waals surface area contributed by atoms with Crippen LogP contribution in [0.2, 0.25) is 0 Å². The van der Waals surface area contributed by atoms with Gasteiger partial charge in [-0.05, 0) is 48.8 Å². The molecule has 0 heterocycles. The lowest BCUT2D eigenvalue weighted by molar-refractivity contribution is 0.175. The van der Waals surface area contributed by atoms with Crippen molar-refractivity contribution in [3.8, 4) is 0 Å². The number of hydrogen-bond donors (Lipinski definition) is 1. The highest BCUT2D eigenvalue weighted by Crippen LogP contribution is 2.40. The molecule has 1 aromatic rings. The quantitative estimate of drug-likeness (QED) is 0.697. The summed E-state index contributed by atoms with van der Waals surface area (Å²) in [6, 6.07) is 9.93. The first-order valence-electron chi connectivity index (χ1n) is 9.12. The maximum Gasteiger partial charge on any atom is 0.0351 e. The van der Waals surface area contributed by atoms with E-state index in [1.54, 1.807) is 0 Å². The molecule has 118 valence electrons. The van der Waals surface area contributed by atoms with Gasteiger partial charge in [-0.2, -0.15) is 0 Å². The van der Waals surface area contributed by atoms with Crippen LogP contribution in [0.3, 0.4) is 0 Å². The third kappa shape index (κ3) is 4.32. The van der Waals surface area contributed by atoms with E-state index in [-0.39, 0.29) is 0 Å². The summed E-state index contributed by atoms with van der Waals surface area (Å²) in [6.45, 7) is 8.01. The molecule has 0 aromatic heterocycles. The lowest BCUT2D eigenvalue weighted by Crippen LogP contribution is -2.34. The maximum absolute atomic E-state index is 3.86. The van der Waals surface area contributed by atoms with Crippen LogP contribution in [-0.2, 0) is 6.42 Å². The zero-order valence-electron chi connectivity index (χ0n) is 14.2. The molecular weight excluding hydrogens is 254 g/mol. The smallest absolute Gasteiger partial charge is 0.0351 e. The zero-order valence-corrected chi connectivity index (χ0v) is 14.2. The summed E-state index contributed by atoms with van der Waals surface area (Å²) < 4.78 is 0. The molecule has 3 unspecified atom stereocenters. The molecule has 3 atom stereocenters. The van der Waals surface area contributed by atoms with Crippen molar-refractivity contribution in [1.82, 2.24) is 5.32 Å². The standard InChI is InChI=1S/C20H33N/c1-4-15-21-20(18-13-11-16(5-2)12-14-18)19-10-8-7-9-17(19)6-3/h11-14,17,19-21H,4-10,15H2,1-3H3. The number of rotatable bonds is 7. The third-order valence-electron chi connectivity index (χ3n) is 5.28. The van der Waals surface area contributed by atoms with E-state index in [1.165, 1.54) is 49.7 Å². The third-order valence-corrected chi connectivity index (χ3v) is 5.28. The molecule has 1 aliphatic rings. The second kappa shape index (κ2) is 8.58. The summed E-state index contributed by atoms with van der Waals surface area (Å²) in [4.78, 5) is 0. The van der Waals surface area contributed by atoms with Gasteiger partial charge in [0.2, 0.25) is 0 Å². The highest BCUT2D eigenvalue weighted by atomic mass is 14.9. The normalized spacial score (nSPS) is 24.0. The lowest BCUT2D eigenvalue weighted by Gasteiger charge is -2.38. The molecule has 0 saturated heterocycles. The van der Waals surface area contributed by atoms with Crippen LogP contribution < -0.4 is 5.32 Å². The van der Waals surface area contributed by atoms with Gasteiger partial charge < -0.3 is 5.32 Å². The first-order valence-corrected chi connectivity index (χ1v) is 9.12. The van der Waals surface area contributed by atoms with Gasteiger partial charge in [-0.3, -0.25) is 0 Å². The molecule has 1 saturated carbocycles. The topological polar surface area (TPSA) is 12.0 Å². The van der Waals surface area contributed by atoms with Crippen molar-refractivity contribution in [2.24, 2.45) is 11.8 Å². The minimum absolute atomic E-state index is 0.557. The van der Waals surface area contributed by atoms with Crippen molar-refractivity contribution >= 4 is 0 Å². The molecule has 1 fully saturated rings. The number of aryl methyl sites for hydroxylation is 1. The van der Waals surface area contributed by atoms with Gasteiger partial charge in [0, 0.05) is 6.04 Å². The Labute approximate surface area is 131 Å². The van der Waals surface area contributed by atoms with Gasteiger partial charge >= 0.3 is 0 Å². The Balaban J connectivity index is 2.18. The predicted molar refractivity (Wildman–Crippen MR) is 92.6 cm³/mol. The average Bonchev–Trinajstić information content (AvgIpc) is 2.56. The molecule has 1 aliphatic carbocycles. The van der Waals surface area contributed by atoms with Crippen molar-refractivity contribution in [2.45, 2.75) is 71.8 Å². The fraction of sp³-hybridized carbons (Fsp3) is 0.700. The Morgan fingerprint density at radius 1 is 1.05 bits per heavy atom. The van der Waals surface area contributed by atoms with Crippen molar-refractivity contribution in [2.75, 3.05) is 6.54 Å². The Morgan fingerprint density at radius 2 is 1.76 bits per heavy atom. The van der Waals surface area contributed by atoms with Gasteiger partial charge in [0.1, 0.15) is 0 Å². The molecular formula is C20H33N. The van der Waals surface area contributed by atoms with Crippen LogP contribution in [0.15, 0.2) is 24.3 Å². The van der Waals surface area contributed by atoms with Crippen molar-refractivity contribution < 1.29 is 0 Å². The van der Waals surface area contributed by atoms with Crippen molar-refractivity contribution in [1.29, 1.82) is 0 Å². The molecule has 1 aromatic carbocycles. The fourth-order valence-corrected chi connectivity index (χ4v) is 3.96. The molecule has 0 bridgehead atoms. The lowest BCUT2D eigenvalue weighted by atomic mass is 9.72. The van der Waals surface area contributed by atoms with Gasteiger partial charge in [-0.1, -0.05) is 70.7 Å². The first kappa shape index (κ1) is 16.5. The molecule has 1 heteroatoms. The minimum atomic E-state index is 0.557. The summed E-state index contributed by atoms with van der Waals surface area (Å²) in [6.07, 6.45) is 9.36. The van der Waals surface area contributed by atoms with E-state index < -0.39 is 0 Å².